The van der Waals surface area contributed by atoms with Crippen LogP contribution in [0, 0.1) is 10.1 Å². The second kappa shape index (κ2) is 9.13. The maximum absolute atomic E-state index is 11.5. The van der Waals surface area contributed by atoms with Crippen LogP contribution in [0.3, 0.4) is 0 Å². The van der Waals surface area contributed by atoms with Gasteiger partial charge in [-0.1, -0.05) is 0 Å². The van der Waals surface area contributed by atoms with Gasteiger partial charge in [0.05, 0.1) is 0 Å². The molecule has 26 heavy (non-hydrogen) atoms. The van der Waals surface area contributed by atoms with Crippen molar-refractivity contribution in [2.45, 2.75) is 30.6 Å². The van der Waals surface area contributed by atoms with Crippen LogP contribution in [-0.4, -0.2) is 31.1 Å². The molecule has 0 saturated heterocycles. The summed E-state index contributed by atoms with van der Waals surface area (Å²) >= 11 is 6.38. The van der Waals surface area contributed by atoms with Crippen LogP contribution < -0.4 is 4.46 Å². The molecule has 0 amide bonds. The van der Waals surface area contributed by atoms with Gasteiger partial charge in [0.25, 0.3) is 0 Å². The van der Waals surface area contributed by atoms with E-state index in [1.165, 1.54) is 6.07 Å². The standard InChI is InChI=1S/C20H21ClN2O2Se/c1-4-14-20(19(21)22-15(2)3,16-10-6-5-7-11-16)26-18-13-9-8-12-17(18)23(24)25/h4-13,15H,1,14H2,2-3H3. The van der Waals surface area contributed by atoms with E-state index in [1.807, 2.05) is 56.3 Å². The van der Waals surface area contributed by atoms with Crippen LogP contribution in [0.1, 0.15) is 25.8 Å². The Labute approximate surface area is 165 Å². The molecule has 0 aliphatic heterocycles. The van der Waals surface area contributed by atoms with Crippen LogP contribution in [0.15, 0.2) is 72.2 Å². The van der Waals surface area contributed by atoms with Crippen molar-refractivity contribution in [3.05, 3.63) is 82.9 Å². The summed E-state index contributed by atoms with van der Waals surface area (Å²) in [6, 6.07) is 16.7. The first-order valence-electron chi connectivity index (χ1n) is 8.23. The Bertz CT molecular complexity index is 808. The Morgan fingerprint density at radius 3 is 2.46 bits per heavy atom. The van der Waals surface area contributed by atoms with E-state index >= 15 is 0 Å². The number of hydrogen-bond donors (Lipinski definition) is 0. The van der Waals surface area contributed by atoms with Crippen molar-refractivity contribution in [3.8, 4) is 0 Å². The van der Waals surface area contributed by atoms with Crippen molar-refractivity contribution in [3.63, 3.8) is 0 Å². The van der Waals surface area contributed by atoms with Crippen LogP contribution in [-0.2, 0) is 4.31 Å². The Morgan fingerprint density at radius 2 is 1.88 bits per heavy atom. The average molecular weight is 436 g/mol. The van der Waals surface area contributed by atoms with Crippen molar-refractivity contribution < 1.29 is 4.92 Å². The normalized spacial score (nSPS) is 14.1. The second-order valence-electron chi connectivity index (χ2n) is 6.03. The topological polar surface area (TPSA) is 55.5 Å². The summed E-state index contributed by atoms with van der Waals surface area (Å²) < 4.78 is 0.0568. The van der Waals surface area contributed by atoms with E-state index in [2.05, 4.69) is 11.6 Å². The molecule has 2 rings (SSSR count). The van der Waals surface area contributed by atoms with E-state index in [0.717, 1.165) is 5.56 Å². The van der Waals surface area contributed by atoms with E-state index in [-0.39, 0.29) is 31.6 Å². The summed E-state index contributed by atoms with van der Waals surface area (Å²) in [5.41, 5.74) is 1.11. The molecule has 4 nitrogen and oxygen atoms in total. The minimum atomic E-state index is -0.631. The summed E-state index contributed by atoms with van der Waals surface area (Å²) in [6.45, 7) is 7.82. The predicted molar refractivity (Wildman–Crippen MR) is 110 cm³/mol. The van der Waals surface area contributed by atoms with Gasteiger partial charge >= 0.3 is 165 Å². The first kappa shape index (κ1) is 20.4. The minimum absolute atomic E-state index is 0.0250. The molecule has 0 aliphatic rings. The van der Waals surface area contributed by atoms with Gasteiger partial charge in [0.2, 0.25) is 0 Å². The SMILES string of the molecule is C=CCC([Se]c1ccccc1[N+](=O)[O-])(C(Cl)=NC(C)C)c1ccccc1. The van der Waals surface area contributed by atoms with E-state index in [9.17, 15) is 10.1 Å². The van der Waals surface area contributed by atoms with E-state index in [0.29, 0.717) is 16.1 Å². The molecule has 1 atom stereocenters. The van der Waals surface area contributed by atoms with Crippen molar-refractivity contribution in [1.29, 1.82) is 0 Å². The number of halogens is 1. The van der Waals surface area contributed by atoms with Gasteiger partial charge < -0.3 is 0 Å². The van der Waals surface area contributed by atoms with Gasteiger partial charge in [-0.15, -0.1) is 0 Å². The van der Waals surface area contributed by atoms with Crippen LogP contribution in [0.5, 0.6) is 0 Å². The average Bonchev–Trinajstić information content (AvgIpc) is 2.61. The van der Waals surface area contributed by atoms with Gasteiger partial charge in [0.1, 0.15) is 0 Å². The number of nitrogens with zero attached hydrogens (tertiary/aromatic N) is 2. The first-order chi connectivity index (χ1) is 12.4. The molecule has 0 radical (unpaired) electrons. The summed E-state index contributed by atoms with van der Waals surface area (Å²) in [5.74, 6) is 0. The van der Waals surface area contributed by atoms with E-state index in [4.69, 9.17) is 11.6 Å². The van der Waals surface area contributed by atoms with Crippen molar-refractivity contribution in [1.82, 2.24) is 0 Å². The Morgan fingerprint density at radius 1 is 1.27 bits per heavy atom. The predicted octanol–water partition coefficient (Wildman–Crippen LogP) is 4.44. The van der Waals surface area contributed by atoms with Gasteiger partial charge in [-0.2, -0.15) is 0 Å². The Hall–Kier alpha value is -1.94. The molecule has 0 saturated carbocycles. The third-order valence-corrected chi connectivity index (χ3v) is 7.56. The summed E-state index contributed by atoms with van der Waals surface area (Å²) in [7, 11) is 0. The molecular weight excluding hydrogens is 415 g/mol. The quantitative estimate of drug-likeness (QED) is 0.202. The van der Waals surface area contributed by atoms with Crippen LogP contribution in [0.2, 0.25) is 0 Å². The molecule has 0 N–H and O–H groups in total. The van der Waals surface area contributed by atoms with Gasteiger partial charge in [-0.3, -0.25) is 0 Å². The zero-order valence-electron chi connectivity index (χ0n) is 14.8. The number of nitro groups is 1. The molecule has 2 aromatic carbocycles. The fraction of sp³-hybridized carbons (Fsp3) is 0.250. The number of benzene rings is 2. The monoisotopic (exact) mass is 436 g/mol. The van der Waals surface area contributed by atoms with Crippen LogP contribution >= 0.6 is 11.6 Å². The molecule has 136 valence electrons. The third kappa shape index (κ3) is 4.61. The summed E-state index contributed by atoms with van der Waals surface area (Å²) in [6.07, 6.45) is 2.36. The van der Waals surface area contributed by atoms with Gasteiger partial charge in [0, 0.05) is 0 Å². The summed E-state index contributed by atoms with van der Waals surface area (Å²) in [4.78, 5) is 15.7. The maximum atomic E-state index is 11.5. The number of rotatable bonds is 8. The van der Waals surface area contributed by atoms with Gasteiger partial charge in [-0.05, 0) is 0 Å². The third-order valence-electron chi connectivity index (χ3n) is 3.72. The number of nitro benzene ring substituents is 1. The first-order valence-corrected chi connectivity index (χ1v) is 10.3. The zero-order chi connectivity index (χ0) is 19.2. The fourth-order valence-electron chi connectivity index (χ4n) is 2.59. The molecule has 1 unspecified atom stereocenters. The Kier molecular flexibility index (Phi) is 7.15. The number of hydrogen-bond acceptors (Lipinski definition) is 3. The fourth-order valence-corrected chi connectivity index (χ4v) is 6.03. The molecule has 0 heterocycles. The Balaban J connectivity index is 2.67. The van der Waals surface area contributed by atoms with Crippen molar-refractivity contribution >= 4 is 41.9 Å². The molecule has 6 heteroatoms. The number of para-hydroxylation sites is 1. The molecule has 0 bridgehead atoms. The van der Waals surface area contributed by atoms with Crippen LogP contribution in [0.25, 0.3) is 0 Å². The second-order valence-corrected chi connectivity index (χ2v) is 9.20. The van der Waals surface area contributed by atoms with Crippen molar-refractivity contribution in [2.24, 2.45) is 4.99 Å². The summed E-state index contributed by atoms with van der Waals surface area (Å²) in [5, 5.41) is 12.0. The molecule has 0 spiro atoms. The molecule has 0 aromatic heterocycles. The molecule has 0 aliphatic carbocycles. The van der Waals surface area contributed by atoms with Crippen molar-refractivity contribution in [2.75, 3.05) is 0 Å². The van der Waals surface area contributed by atoms with E-state index in [1.54, 1.807) is 12.1 Å². The molecule has 2 aromatic rings. The van der Waals surface area contributed by atoms with Crippen LogP contribution in [0.4, 0.5) is 5.69 Å². The zero-order valence-corrected chi connectivity index (χ0v) is 17.2. The van der Waals surface area contributed by atoms with Gasteiger partial charge in [-0.25, -0.2) is 0 Å². The van der Waals surface area contributed by atoms with E-state index < -0.39 is 4.31 Å². The molecule has 0 fully saturated rings. The van der Waals surface area contributed by atoms with Gasteiger partial charge in [0.15, 0.2) is 0 Å². The number of allylic oxidation sites excluding steroid dienone is 1. The number of aliphatic imine (C=N–C) groups is 1. The molecular formula is C20H21ClN2O2Se.